The third kappa shape index (κ3) is 3.58. The minimum Gasteiger partial charge on any atom is -0.359 e. The van der Waals surface area contributed by atoms with E-state index in [1.54, 1.807) is 7.05 Å². The van der Waals surface area contributed by atoms with Gasteiger partial charge in [-0.15, -0.1) is 0 Å². The molecule has 2 heteroatoms. The predicted octanol–water partition coefficient (Wildman–Crippen LogP) is 3.26. The van der Waals surface area contributed by atoms with Crippen LogP contribution in [0.2, 0.25) is 0 Å². The van der Waals surface area contributed by atoms with Crippen LogP contribution >= 0.6 is 0 Å². The number of carbonyl (C=O) groups excluding carboxylic acids is 1. The molecule has 1 amide bonds. The van der Waals surface area contributed by atoms with Crippen LogP contribution < -0.4 is 5.32 Å². The highest BCUT2D eigenvalue weighted by atomic mass is 16.1. The van der Waals surface area contributed by atoms with E-state index in [1.165, 1.54) is 11.1 Å². The Labute approximate surface area is 104 Å². The summed E-state index contributed by atoms with van der Waals surface area (Å²) in [4.78, 5) is 11.6. The number of rotatable bonds is 3. The lowest BCUT2D eigenvalue weighted by Crippen LogP contribution is -2.27. The molecular formula is C15H23NO. The number of carbonyl (C=O) groups is 1. The number of nitrogens with one attached hydrogen (secondary N) is 1. The van der Waals surface area contributed by atoms with Crippen LogP contribution in [0, 0.1) is 12.3 Å². The van der Waals surface area contributed by atoms with Crippen LogP contribution in [0.5, 0.6) is 0 Å². The van der Waals surface area contributed by atoms with Gasteiger partial charge in [-0.25, -0.2) is 0 Å². The molecule has 0 saturated heterocycles. The fourth-order valence-corrected chi connectivity index (χ4v) is 2.15. The number of hydrogen-bond acceptors (Lipinski definition) is 1. The monoisotopic (exact) mass is 233 g/mol. The van der Waals surface area contributed by atoms with Gasteiger partial charge in [0.2, 0.25) is 5.91 Å². The van der Waals surface area contributed by atoms with Crippen molar-refractivity contribution >= 4 is 5.91 Å². The van der Waals surface area contributed by atoms with E-state index in [0.717, 1.165) is 0 Å². The fourth-order valence-electron chi connectivity index (χ4n) is 2.15. The summed E-state index contributed by atoms with van der Waals surface area (Å²) >= 11 is 0. The maximum absolute atomic E-state index is 11.6. The topological polar surface area (TPSA) is 29.1 Å². The minimum atomic E-state index is 0.0820. The number of amides is 1. The van der Waals surface area contributed by atoms with Gasteiger partial charge in [0.15, 0.2) is 0 Å². The Morgan fingerprint density at radius 2 is 1.88 bits per heavy atom. The van der Waals surface area contributed by atoms with E-state index in [4.69, 9.17) is 0 Å². The number of hydrogen-bond donors (Lipinski definition) is 1. The third-order valence-corrected chi connectivity index (χ3v) is 3.28. The maximum atomic E-state index is 11.6. The molecule has 0 fully saturated rings. The van der Waals surface area contributed by atoms with E-state index in [2.05, 4.69) is 45.1 Å². The standard InChI is InChI=1S/C15H23NO/c1-11-8-6-7-9-12(11)13(15(2,3)4)10-14(17)16-5/h6-9,13H,10H2,1-5H3,(H,16,17). The Morgan fingerprint density at radius 3 is 2.35 bits per heavy atom. The largest absolute Gasteiger partial charge is 0.359 e. The zero-order valence-electron chi connectivity index (χ0n) is 11.5. The van der Waals surface area contributed by atoms with Crippen molar-refractivity contribution < 1.29 is 4.79 Å². The fraction of sp³-hybridized carbons (Fsp3) is 0.533. The molecule has 1 N–H and O–H groups in total. The summed E-state index contributed by atoms with van der Waals surface area (Å²) in [5, 5.41) is 2.72. The molecule has 17 heavy (non-hydrogen) atoms. The van der Waals surface area contributed by atoms with Gasteiger partial charge in [0.1, 0.15) is 0 Å². The molecule has 1 rings (SSSR count). The lowest BCUT2D eigenvalue weighted by Gasteiger charge is -2.31. The zero-order chi connectivity index (χ0) is 13.1. The number of benzene rings is 1. The molecule has 0 spiro atoms. The second kappa shape index (κ2) is 5.35. The molecule has 2 nitrogen and oxygen atoms in total. The minimum absolute atomic E-state index is 0.0820. The summed E-state index contributed by atoms with van der Waals surface area (Å²) < 4.78 is 0. The lowest BCUT2D eigenvalue weighted by molar-refractivity contribution is -0.121. The van der Waals surface area contributed by atoms with Gasteiger partial charge >= 0.3 is 0 Å². The summed E-state index contributed by atoms with van der Waals surface area (Å²) in [5.41, 5.74) is 2.62. The first-order valence-electron chi connectivity index (χ1n) is 6.12. The Balaban J connectivity index is 3.07. The summed E-state index contributed by atoms with van der Waals surface area (Å²) in [6, 6.07) is 8.33. The molecular weight excluding hydrogens is 210 g/mol. The third-order valence-electron chi connectivity index (χ3n) is 3.28. The SMILES string of the molecule is CNC(=O)CC(c1ccccc1C)C(C)(C)C. The summed E-state index contributed by atoms with van der Waals surface area (Å²) in [6.45, 7) is 8.67. The van der Waals surface area contributed by atoms with Gasteiger partial charge in [-0.2, -0.15) is 0 Å². The molecule has 0 aromatic heterocycles. The van der Waals surface area contributed by atoms with Crippen molar-refractivity contribution in [2.75, 3.05) is 7.05 Å². The van der Waals surface area contributed by atoms with Crippen molar-refractivity contribution in [2.24, 2.45) is 5.41 Å². The molecule has 0 aliphatic rings. The van der Waals surface area contributed by atoms with Crippen molar-refractivity contribution in [2.45, 2.75) is 40.0 Å². The van der Waals surface area contributed by atoms with Crippen molar-refractivity contribution in [3.8, 4) is 0 Å². The summed E-state index contributed by atoms with van der Waals surface area (Å²) in [5.74, 6) is 0.358. The highest BCUT2D eigenvalue weighted by Crippen LogP contribution is 2.38. The van der Waals surface area contributed by atoms with Gasteiger partial charge in [-0.1, -0.05) is 45.0 Å². The molecule has 0 aliphatic carbocycles. The second-order valence-electron chi connectivity index (χ2n) is 5.65. The van der Waals surface area contributed by atoms with Crippen molar-refractivity contribution in [3.05, 3.63) is 35.4 Å². The average Bonchev–Trinajstić information content (AvgIpc) is 2.25. The van der Waals surface area contributed by atoms with Crippen LogP contribution in [0.15, 0.2) is 24.3 Å². The van der Waals surface area contributed by atoms with Gasteiger partial charge in [0.05, 0.1) is 0 Å². The van der Waals surface area contributed by atoms with Gasteiger partial charge in [0, 0.05) is 13.5 Å². The molecule has 94 valence electrons. The van der Waals surface area contributed by atoms with Crippen LogP contribution in [0.25, 0.3) is 0 Å². The Hall–Kier alpha value is -1.31. The summed E-state index contributed by atoms with van der Waals surface area (Å²) in [7, 11) is 1.69. The van der Waals surface area contributed by atoms with E-state index < -0.39 is 0 Å². The first-order valence-corrected chi connectivity index (χ1v) is 6.12. The van der Waals surface area contributed by atoms with Crippen LogP contribution in [0.1, 0.15) is 44.2 Å². The molecule has 1 aromatic carbocycles. The average molecular weight is 233 g/mol. The summed E-state index contributed by atoms with van der Waals surface area (Å²) in [6.07, 6.45) is 0.546. The van der Waals surface area contributed by atoms with Crippen molar-refractivity contribution in [1.29, 1.82) is 0 Å². The maximum Gasteiger partial charge on any atom is 0.220 e. The highest BCUT2D eigenvalue weighted by Gasteiger charge is 2.28. The quantitative estimate of drug-likeness (QED) is 0.853. The van der Waals surface area contributed by atoms with Gasteiger partial charge in [-0.3, -0.25) is 4.79 Å². The van der Waals surface area contributed by atoms with E-state index in [-0.39, 0.29) is 17.2 Å². The van der Waals surface area contributed by atoms with Crippen molar-refractivity contribution in [3.63, 3.8) is 0 Å². The molecule has 0 aliphatic heterocycles. The normalized spacial score (nSPS) is 13.2. The lowest BCUT2D eigenvalue weighted by atomic mass is 9.73. The molecule has 1 aromatic rings. The second-order valence-corrected chi connectivity index (χ2v) is 5.65. The first-order chi connectivity index (χ1) is 7.86. The Kier molecular flexibility index (Phi) is 4.33. The smallest absolute Gasteiger partial charge is 0.220 e. The van der Waals surface area contributed by atoms with Crippen LogP contribution in [-0.4, -0.2) is 13.0 Å². The van der Waals surface area contributed by atoms with Crippen molar-refractivity contribution in [1.82, 2.24) is 5.32 Å². The van der Waals surface area contributed by atoms with Crippen LogP contribution in [0.3, 0.4) is 0 Å². The Bertz CT molecular complexity index is 390. The van der Waals surface area contributed by atoms with E-state index in [0.29, 0.717) is 6.42 Å². The van der Waals surface area contributed by atoms with Gasteiger partial charge < -0.3 is 5.32 Å². The molecule has 0 bridgehead atoms. The molecule has 0 saturated carbocycles. The Morgan fingerprint density at radius 1 is 1.29 bits per heavy atom. The predicted molar refractivity (Wildman–Crippen MR) is 72.1 cm³/mol. The number of aryl methyl sites for hydroxylation is 1. The van der Waals surface area contributed by atoms with E-state index in [1.807, 2.05) is 12.1 Å². The first kappa shape index (κ1) is 13.8. The molecule has 1 atom stereocenters. The van der Waals surface area contributed by atoms with Gasteiger partial charge in [-0.05, 0) is 29.4 Å². The van der Waals surface area contributed by atoms with Gasteiger partial charge in [0.25, 0.3) is 0 Å². The van der Waals surface area contributed by atoms with E-state index >= 15 is 0 Å². The molecule has 0 radical (unpaired) electrons. The molecule has 0 heterocycles. The van der Waals surface area contributed by atoms with Crippen LogP contribution in [0.4, 0.5) is 0 Å². The van der Waals surface area contributed by atoms with Crippen LogP contribution in [-0.2, 0) is 4.79 Å². The highest BCUT2D eigenvalue weighted by molar-refractivity contribution is 5.76. The molecule has 1 unspecified atom stereocenters. The van der Waals surface area contributed by atoms with E-state index in [9.17, 15) is 4.79 Å². The zero-order valence-corrected chi connectivity index (χ0v) is 11.5.